The average Bonchev–Trinajstić information content (AvgIpc) is 2.38. The molecule has 2 rings (SSSR count). The molecule has 0 bridgehead atoms. The fourth-order valence-corrected chi connectivity index (χ4v) is 1.89. The van der Waals surface area contributed by atoms with E-state index >= 15 is 0 Å². The van der Waals surface area contributed by atoms with Crippen LogP contribution < -0.4 is 10.6 Å². The van der Waals surface area contributed by atoms with E-state index in [9.17, 15) is 9.18 Å². The Morgan fingerprint density at radius 1 is 1.56 bits per heavy atom. The van der Waals surface area contributed by atoms with Crippen LogP contribution in [0, 0.1) is 5.82 Å². The molecule has 0 radical (unpaired) electrons. The van der Waals surface area contributed by atoms with Gasteiger partial charge in [0.1, 0.15) is 5.82 Å². The van der Waals surface area contributed by atoms with E-state index in [1.54, 1.807) is 6.07 Å². The summed E-state index contributed by atoms with van der Waals surface area (Å²) in [7, 11) is 1.29. The fourth-order valence-electron chi connectivity index (χ4n) is 1.89. The largest absolute Gasteiger partial charge is 0.453 e. The lowest BCUT2D eigenvalue weighted by atomic mass is 10.0. The Morgan fingerprint density at radius 2 is 2.33 bits per heavy atom. The molecule has 0 saturated carbocycles. The van der Waals surface area contributed by atoms with Crippen LogP contribution in [0.25, 0.3) is 5.70 Å². The molecule has 1 aliphatic rings. The summed E-state index contributed by atoms with van der Waals surface area (Å²) in [5, 5.41) is 5.87. The molecule has 0 spiro atoms. The molecule has 4 nitrogen and oxygen atoms in total. The summed E-state index contributed by atoms with van der Waals surface area (Å²) in [6.07, 6.45) is 2.16. The number of benzene rings is 1. The highest BCUT2D eigenvalue weighted by Crippen LogP contribution is 2.29. The van der Waals surface area contributed by atoms with Crippen LogP contribution in [0.3, 0.4) is 0 Å². The van der Waals surface area contributed by atoms with Crippen molar-refractivity contribution in [2.24, 2.45) is 0 Å². The molecule has 0 saturated heterocycles. The van der Waals surface area contributed by atoms with Crippen molar-refractivity contribution in [3.63, 3.8) is 0 Å². The van der Waals surface area contributed by atoms with Crippen molar-refractivity contribution in [2.75, 3.05) is 12.4 Å². The number of halogens is 1. The lowest BCUT2D eigenvalue weighted by molar-refractivity contribution is 0.176. The quantitative estimate of drug-likeness (QED) is 0.848. The maximum Gasteiger partial charge on any atom is 0.411 e. The van der Waals surface area contributed by atoms with Gasteiger partial charge < -0.3 is 10.1 Å². The molecule has 5 heteroatoms. The van der Waals surface area contributed by atoms with Crippen LogP contribution in [0.4, 0.5) is 14.9 Å². The van der Waals surface area contributed by atoms with Gasteiger partial charge in [-0.3, -0.25) is 5.32 Å². The number of methoxy groups -OCH3 is 1. The summed E-state index contributed by atoms with van der Waals surface area (Å²) in [4.78, 5) is 11.3. The number of hydrogen-bond acceptors (Lipinski definition) is 3. The minimum Gasteiger partial charge on any atom is -0.453 e. The average molecular weight is 250 g/mol. The standard InChI is InChI=1S/C13H15FN2O2/c1-3-9-7-12(16-13(17)18-2)10-6-8(14)4-5-11(10)15-9/h4-7,9,15H,3H2,1-2H3,(H,16,17)/t9-/m0/s1. The summed E-state index contributed by atoms with van der Waals surface area (Å²) in [6, 6.07) is 4.55. The van der Waals surface area contributed by atoms with Gasteiger partial charge in [0.2, 0.25) is 0 Å². The Bertz CT molecular complexity index is 500. The number of amides is 1. The lowest BCUT2D eigenvalue weighted by Gasteiger charge is -2.25. The zero-order valence-corrected chi connectivity index (χ0v) is 10.3. The van der Waals surface area contributed by atoms with Crippen LogP contribution in [-0.4, -0.2) is 19.2 Å². The van der Waals surface area contributed by atoms with E-state index in [1.165, 1.54) is 19.2 Å². The molecule has 0 aliphatic carbocycles. The highest BCUT2D eigenvalue weighted by molar-refractivity contribution is 5.87. The Kier molecular flexibility index (Phi) is 3.50. The number of anilines is 1. The molecule has 2 N–H and O–H groups in total. The van der Waals surface area contributed by atoms with Crippen molar-refractivity contribution < 1.29 is 13.9 Å². The van der Waals surface area contributed by atoms with E-state index in [2.05, 4.69) is 15.4 Å². The maximum absolute atomic E-state index is 13.3. The second kappa shape index (κ2) is 5.08. The van der Waals surface area contributed by atoms with Gasteiger partial charge in [-0.25, -0.2) is 9.18 Å². The molecular formula is C13H15FN2O2. The van der Waals surface area contributed by atoms with E-state index in [-0.39, 0.29) is 11.9 Å². The van der Waals surface area contributed by atoms with Crippen LogP contribution in [-0.2, 0) is 4.74 Å². The predicted molar refractivity (Wildman–Crippen MR) is 67.6 cm³/mol. The highest BCUT2D eigenvalue weighted by atomic mass is 19.1. The molecule has 0 unspecified atom stereocenters. The van der Waals surface area contributed by atoms with E-state index in [0.29, 0.717) is 11.3 Å². The molecule has 1 amide bonds. The minimum absolute atomic E-state index is 0.107. The van der Waals surface area contributed by atoms with Gasteiger partial charge in [0, 0.05) is 17.3 Å². The molecule has 18 heavy (non-hydrogen) atoms. The molecule has 1 heterocycles. The number of hydrogen-bond donors (Lipinski definition) is 2. The Hall–Kier alpha value is -2.04. The zero-order valence-electron chi connectivity index (χ0n) is 10.3. The third-order valence-corrected chi connectivity index (χ3v) is 2.84. The van der Waals surface area contributed by atoms with Gasteiger partial charge in [0.15, 0.2) is 0 Å². The first-order valence-electron chi connectivity index (χ1n) is 5.77. The molecule has 96 valence electrons. The lowest BCUT2D eigenvalue weighted by Crippen LogP contribution is -2.28. The van der Waals surface area contributed by atoms with Crippen molar-refractivity contribution in [1.82, 2.24) is 5.32 Å². The van der Waals surface area contributed by atoms with Crippen LogP contribution in [0.2, 0.25) is 0 Å². The number of ether oxygens (including phenoxy) is 1. The van der Waals surface area contributed by atoms with Gasteiger partial charge in [-0.2, -0.15) is 0 Å². The van der Waals surface area contributed by atoms with E-state index in [0.717, 1.165) is 12.1 Å². The second-order valence-corrected chi connectivity index (χ2v) is 4.05. The molecule has 1 aliphatic heterocycles. The van der Waals surface area contributed by atoms with Crippen LogP contribution in [0.5, 0.6) is 0 Å². The number of carbonyl (C=O) groups excluding carboxylic acids is 1. The monoisotopic (exact) mass is 250 g/mol. The van der Waals surface area contributed by atoms with Crippen molar-refractivity contribution >= 4 is 17.5 Å². The predicted octanol–water partition coefficient (Wildman–Crippen LogP) is 2.73. The summed E-state index contributed by atoms with van der Waals surface area (Å²) >= 11 is 0. The summed E-state index contributed by atoms with van der Waals surface area (Å²) < 4.78 is 17.8. The van der Waals surface area contributed by atoms with Gasteiger partial charge in [0.25, 0.3) is 0 Å². The van der Waals surface area contributed by atoms with E-state index in [4.69, 9.17) is 0 Å². The third-order valence-electron chi connectivity index (χ3n) is 2.84. The van der Waals surface area contributed by atoms with Crippen LogP contribution in [0.1, 0.15) is 18.9 Å². The van der Waals surface area contributed by atoms with E-state index < -0.39 is 6.09 Å². The van der Waals surface area contributed by atoms with Gasteiger partial charge >= 0.3 is 6.09 Å². The maximum atomic E-state index is 13.3. The molecule has 0 fully saturated rings. The third kappa shape index (κ3) is 2.45. The molecule has 0 aromatic heterocycles. The highest BCUT2D eigenvalue weighted by Gasteiger charge is 2.19. The SMILES string of the molecule is CC[C@H]1C=C(NC(=O)OC)c2cc(F)ccc2N1. The van der Waals surface area contributed by atoms with Crippen LogP contribution >= 0.6 is 0 Å². The number of fused-ring (bicyclic) bond motifs is 1. The smallest absolute Gasteiger partial charge is 0.411 e. The van der Waals surface area contributed by atoms with Gasteiger partial charge in [-0.15, -0.1) is 0 Å². The Morgan fingerprint density at radius 3 is 3.00 bits per heavy atom. The molecule has 1 atom stereocenters. The Labute approximate surface area is 105 Å². The van der Waals surface area contributed by atoms with Gasteiger partial charge in [-0.05, 0) is 30.7 Å². The summed E-state index contributed by atoms with van der Waals surface area (Å²) in [5.41, 5.74) is 2.00. The van der Waals surface area contributed by atoms with Crippen molar-refractivity contribution in [3.8, 4) is 0 Å². The first-order valence-corrected chi connectivity index (χ1v) is 5.77. The molecular weight excluding hydrogens is 235 g/mol. The fraction of sp³-hybridized carbons (Fsp3) is 0.308. The first kappa shape index (κ1) is 12.4. The van der Waals surface area contributed by atoms with Gasteiger partial charge in [0.05, 0.1) is 12.8 Å². The normalized spacial score (nSPS) is 17.3. The van der Waals surface area contributed by atoms with Crippen LogP contribution in [0.15, 0.2) is 24.3 Å². The zero-order chi connectivity index (χ0) is 13.1. The molecule has 1 aromatic carbocycles. The number of carbonyl (C=O) groups is 1. The molecule has 1 aromatic rings. The summed E-state index contributed by atoms with van der Waals surface area (Å²) in [5.74, 6) is -0.344. The van der Waals surface area contributed by atoms with E-state index in [1.807, 2.05) is 13.0 Å². The van der Waals surface area contributed by atoms with Crippen molar-refractivity contribution in [3.05, 3.63) is 35.7 Å². The topological polar surface area (TPSA) is 50.4 Å². The summed E-state index contributed by atoms with van der Waals surface area (Å²) in [6.45, 7) is 2.03. The minimum atomic E-state index is -0.562. The number of nitrogens with one attached hydrogen (secondary N) is 2. The van der Waals surface area contributed by atoms with Gasteiger partial charge in [-0.1, -0.05) is 6.92 Å². The second-order valence-electron chi connectivity index (χ2n) is 4.05. The van der Waals surface area contributed by atoms with Crippen molar-refractivity contribution in [2.45, 2.75) is 19.4 Å². The number of rotatable bonds is 2. The Balaban J connectivity index is 2.37. The number of alkyl carbamates (subject to hydrolysis) is 1. The van der Waals surface area contributed by atoms with Crippen molar-refractivity contribution in [1.29, 1.82) is 0 Å². The first-order chi connectivity index (χ1) is 8.63.